The van der Waals surface area contributed by atoms with E-state index in [1.54, 1.807) is 0 Å². The van der Waals surface area contributed by atoms with Crippen molar-refractivity contribution in [3.05, 3.63) is 12.2 Å². The van der Waals surface area contributed by atoms with Crippen molar-refractivity contribution in [1.82, 2.24) is 0 Å². The molecular formula is C13H16O. The summed E-state index contributed by atoms with van der Waals surface area (Å²) in [5.74, 6) is 4.93. The van der Waals surface area contributed by atoms with Crippen LogP contribution in [0.15, 0.2) is 12.2 Å². The minimum Gasteiger partial charge on any atom is -0.299 e. The monoisotopic (exact) mass is 188 g/mol. The van der Waals surface area contributed by atoms with Gasteiger partial charge in [0.05, 0.1) is 0 Å². The molecule has 0 aromatic heterocycles. The molecule has 1 nitrogen and oxygen atoms in total. The highest BCUT2D eigenvalue weighted by molar-refractivity contribution is 5.93. The Bertz CT molecular complexity index is 365. The fraction of sp³-hybridized carbons (Fsp3) is 0.769. The van der Waals surface area contributed by atoms with Gasteiger partial charge in [0.1, 0.15) is 5.78 Å². The molecule has 3 saturated carbocycles. The first kappa shape index (κ1) is 7.67. The summed E-state index contributed by atoms with van der Waals surface area (Å²) >= 11 is 0. The van der Waals surface area contributed by atoms with E-state index >= 15 is 0 Å². The molecule has 74 valence electrons. The van der Waals surface area contributed by atoms with Crippen LogP contribution in [0.5, 0.6) is 0 Å². The third kappa shape index (κ3) is 0.550. The Labute approximate surface area is 84.6 Å². The van der Waals surface area contributed by atoms with Gasteiger partial charge in [-0.15, -0.1) is 0 Å². The van der Waals surface area contributed by atoms with Crippen molar-refractivity contribution in [3.63, 3.8) is 0 Å². The van der Waals surface area contributed by atoms with E-state index in [9.17, 15) is 4.79 Å². The lowest BCUT2D eigenvalue weighted by Gasteiger charge is -2.30. The molecule has 1 heteroatoms. The maximum absolute atomic E-state index is 12.1. The second kappa shape index (κ2) is 1.87. The molecule has 0 radical (unpaired) electrons. The van der Waals surface area contributed by atoms with Gasteiger partial charge in [-0.3, -0.25) is 4.79 Å². The maximum Gasteiger partial charge on any atom is 0.142 e. The summed E-state index contributed by atoms with van der Waals surface area (Å²) < 4.78 is 0. The van der Waals surface area contributed by atoms with E-state index in [0.29, 0.717) is 17.6 Å². The molecule has 4 aliphatic carbocycles. The van der Waals surface area contributed by atoms with E-state index < -0.39 is 0 Å². The molecule has 0 N–H and O–H groups in total. The Morgan fingerprint density at radius 2 is 2.14 bits per heavy atom. The topological polar surface area (TPSA) is 17.1 Å². The van der Waals surface area contributed by atoms with E-state index in [1.807, 2.05) is 0 Å². The van der Waals surface area contributed by atoms with E-state index in [1.165, 1.54) is 6.42 Å². The second-order valence-electron chi connectivity index (χ2n) is 6.20. The zero-order valence-electron chi connectivity index (χ0n) is 8.73. The first-order valence-electron chi connectivity index (χ1n) is 5.85. The lowest BCUT2D eigenvalue weighted by Crippen LogP contribution is -2.31. The van der Waals surface area contributed by atoms with Crippen LogP contribution < -0.4 is 0 Å². The standard InChI is InChI=1S/C13H16O/c1-13(2)11-7-5-3-4-6(7)8-9(11)10(8)12(13)14/h3-4,6-11H,5H2,1-2H3/t6-,7+,8+,9-,10+,11-/m1/s1. The van der Waals surface area contributed by atoms with Gasteiger partial charge in [-0.25, -0.2) is 0 Å². The Kier molecular flexibility index (Phi) is 1.02. The Morgan fingerprint density at radius 3 is 2.93 bits per heavy atom. The van der Waals surface area contributed by atoms with Crippen molar-refractivity contribution in [2.45, 2.75) is 20.3 Å². The number of carbonyl (C=O) groups excluding carboxylic acids is 1. The molecule has 0 amide bonds. The van der Waals surface area contributed by atoms with Gasteiger partial charge >= 0.3 is 0 Å². The molecule has 4 aliphatic rings. The summed E-state index contributed by atoms with van der Waals surface area (Å²) in [6.07, 6.45) is 5.99. The van der Waals surface area contributed by atoms with Crippen LogP contribution in [0.25, 0.3) is 0 Å². The molecule has 4 rings (SSSR count). The minimum atomic E-state index is -0.00271. The van der Waals surface area contributed by atoms with Gasteiger partial charge in [0.2, 0.25) is 0 Å². The largest absolute Gasteiger partial charge is 0.299 e. The number of hydrogen-bond donors (Lipinski definition) is 0. The van der Waals surface area contributed by atoms with Crippen LogP contribution in [-0.2, 0) is 4.79 Å². The summed E-state index contributed by atoms with van der Waals surface area (Å²) in [4.78, 5) is 12.1. The minimum absolute atomic E-state index is 0.00271. The Morgan fingerprint density at radius 1 is 1.36 bits per heavy atom. The molecule has 6 atom stereocenters. The number of carbonyl (C=O) groups is 1. The number of fused-ring (bicyclic) bond motifs is 4. The average Bonchev–Trinajstić information content (AvgIpc) is 2.49. The lowest BCUT2D eigenvalue weighted by molar-refractivity contribution is -0.128. The Balaban J connectivity index is 1.85. The van der Waals surface area contributed by atoms with Gasteiger partial charge in [-0.2, -0.15) is 0 Å². The first-order chi connectivity index (χ1) is 6.64. The molecule has 0 unspecified atom stereocenters. The maximum atomic E-state index is 12.1. The van der Waals surface area contributed by atoms with E-state index in [4.69, 9.17) is 0 Å². The normalized spacial score (nSPS) is 60.3. The predicted octanol–water partition coefficient (Wildman–Crippen LogP) is 2.28. The fourth-order valence-corrected chi connectivity index (χ4v) is 5.06. The summed E-state index contributed by atoms with van der Waals surface area (Å²) in [5.41, 5.74) is -0.00271. The van der Waals surface area contributed by atoms with Crippen molar-refractivity contribution in [1.29, 1.82) is 0 Å². The van der Waals surface area contributed by atoms with Gasteiger partial charge in [-0.1, -0.05) is 26.0 Å². The van der Waals surface area contributed by atoms with Gasteiger partial charge in [0.25, 0.3) is 0 Å². The number of hydrogen-bond acceptors (Lipinski definition) is 1. The van der Waals surface area contributed by atoms with Crippen LogP contribution in [0.4, 0.5) is 0 Å². The molecule has 0 aromatic carbocycles. The van der Waals surface area contributed by atoms with E-state index in [2.05, 4.69) is 26.0 Å². The molecule has 0 aromatic rings. The third-order valence-electron chi connectivity index (χ3n) is 5.49. The molecule has 0 aliphatic heterocycles. The highest BCUT2D eigenvalue weighted by Crippen LogP contribution is 2.77. The fourth-order valence-electron chi connectivity index (χ4n) is 5.06. The van der Waals surface area contributed by atoms with Crippen molar-refractivity contribution in [2.24, 2.45) is 40.9 Å². The molecule has 0 bridgehead atoms. The van der Waals surface area contributed by atoms with Crippen LogP contribution in [0.3, 0.4) is 0 Å². The van der Waals surface area contributed by atoms with Gasteiger partial charge in [0, 0.05) is 11.3 Å². The quantitative estimate of drug-likeness (QED) is 0.533. The van der Waals surface area contributed by atoms with Crippen LogP contribution in [0.1, 0.15) is 20.3 Å². The molecular weight excluding hydrogens is 172 g/mol. The van der Waals surface area contributed by atoms with Crippen LogP contribution in [-0.4, -0.2) is 5.78 Å². The number of rotatable bonds is 0. The molecule has 0 spiro atoms. The molecule has 3 fully saturated rings. The summed E-state index contributed by atoms with van der Waals surface area (Å²) in [7, 11) is 0. The summed E-state index contributed by atoms with van der Waals surface area (Å²) in [6, 6.07) is 0. The summed E-state index contributed by atoms with van der Waals surface area (Å²) in [5, 5.41) is 0. The average molecular weight is 188 g/mol. The van der Waals surface area contributed by atoms with Gasteiger partial charge in [-0.05, 0) is 36.0 Å². The SMILES string of the molecule is CC1(C)C(=O)[C@H]2[C@H]3[C@@H]4C=CC[C@@H]4[C@@H]1[C@@H]23. The second-order valence-corrected chi connectivity index (χ2v) is 6.20. The smallest absolute Gasteiger partial charge is 0.142 e. The number of ketones is 1. The zero-order chi connectivity index (χ0) is 9.66. The van der Waals surface area contributed by atoms with Crippen LogP contribution in [0.2, 0.25) is 0 Å². The van der Waals surface area contributed by atoms with Crippen molar-refractivity contribution < 1.29 is 4.79 Å². The third-order valence-corrected chi connectivity index (χ3v) is 5.49. The first-order valence-corrected chi connectivity index (χ1v) is 5.85. The highest BCUT2D eigenvalue weighted by Gasteiger charge is 2.78. The predicted molar refractivity (Wildman–Crippen MR) is 53.5 cm³/mol. The van der Waals surface area contributed by atoms with Gasteiger partial charge in [0.15, 0.2) is 0 Å². The van der Waals surface area contributed by atoms with Crippen molar-refractivity contribution in [3.8, 4) is 0 Å². The zero-order valence-corrected chi connectivity index (χ0v) is 8.73. The van der Waals surface area contributed by atoms with Crippen molar-refractivity contribution >= 4 is 5.78 Å². The number of Topliss-reactive ketones (excluding diaryl/α,β-unsaturated/α-hetero) is 1. The molecule has 0 saturated heterocycles. The van der Waals surface area contributed by atoms with Gasteiger partial charge < -0.3 is 0 Å². The van der Waals surface area contributed by atoms with Crippen LogP contribution in [0, 0.1) is 40.9 Å². The summed E-state index contributed by atoms with van der Waals surface area (Å²) in [6.45, 7) is 4.37. The molecule has 0 heterocycles. The Hall–Kier alpha value is -0.590. The highest BCUT2D eigenvalue weighted by atomic mass is 16.1. The molecule has 14 heavy (non-hydrogen) atoms. The van der Waals surface area contributed by atoms with Crippen LogP contribution >= 0.6 is 0 Å². The number of allylic oxidation sites excluding steroid dienone is 2. The van der Waals surface area contributed by atoms with E-state index in [-0.39, 0.29) is 5.41 Å². The van der Waals surface area contributed by atoms with E-state index in [0.717, 1.165) is 23.7 Å². The lowest BCUT2D eigenvalue weighted by atomic mass is 9.73. The van der Waals surface area contributed by atoms with Crippen molar-refractivity contribution in [2.75, 3.05) is 0 Å².